The van der Waals surface area contributed by atoms with Gasteiger partial charge in [-0.15, -0.1) is 0 Å². The lowest BCUT2D eigenvalue weighted by molar-refractivity contribution is -0.167. The molecule has 268 valence electrons. The molecule has 4 bridgehead atoms. The predicted octanol–water partition coefficient (Wildman–Crippen LogP) is 5.11. The van der Waals surface area contributed by atoms with E-state index in [0.717, 1.165) is 25.7 Å². The van der Waals surface area contributed by atoms with Gasteiger partial charge >= 0.3 is 12.0 Å². The Morgan fingerprint density at radius 3 is 2.69 bits per heavy atom. The van der Waals surface area contributed by atoms with Crippen molar-refractivity contribution in [2.75, 3.05) is 31.3 Å². The average molecular weight is 720 g/mol. The van der Waals surface area contributed by atoms with Crippen LogP contribution in [0.25, 0.3) is 32.8 Å². The standard InChI is InChI=1S/C37H39ClFN5O7/c1-19(35(51-18-45)44-22-9-10-23(44)17-49-16-22)15-50-37-41-32-27(34(42-37)43-14-21-6-4-8-29(43)33(40-21)36(47)48)13-28(38)30(31(32)39)26-12-24(46)11-20-5-2-3-7-25(20)26/h2-3,5,7,11-13,18-19,21-23,29,33,35,40,46H,4,6,8-10,14-17H2,1H3,(H,47,48). The minimum absolute atomic E-state index is 0.0465. The highest BCUT2D eigenvalue weighted by Crippen LogP contribution is 2.44. The molecule has 9 rings (SSSR count). The first-order valence-electron chi connectivity index (χ1n) is 17.5. The number of fused-ring (bicyclic) bond motifs is 8. The zero-order chi connectivity index (χ0) is 35.4. The van der Waals surface area contributed by atoms with Crippen molar-refractivity contribution < 1.29 is 38.4 Å². The van der Waals surface area contributed by atoms with E-state index in [4.69, 9.17) is 30.8 Å². The number of morpholine rings is 1. The number of carbonyl (C=O) groups excluding carboxylic acids is 1. The Morgan fingerprint density at radius 1 is 1.14 bits per heavy atom. The van der Waals surface area contributed by atoms with E-state index in [1.165, 1.54) is 6.07 Å². The van der Waals surface area contributed by atoms with Gasteiger partial charge in [-0.3, -0.25) is 19.8 Å². The van der Waals surface area contributed by atoms with E-state index in [1.54, 1.807) is 12.1 Å². The Labute approximate surface area is 298 Å². The number of carboxylic acid groups (broad SMARTS) is 1. The van der Waals surface area contributed by atoms with Crippen molar-refractivity contribution in [2.45, 2.75) is 75.5 Å². The molecule has 0 radical (unpaired) electrons. The van der Waals surface area contributed by atoms with Gasteiger partial charge in [-0.05, 0) is 66.6 Å². The second-order valence-corrected chi connectivity index (χ2v) is 14.5. The Kier molecular flexibility index (Phi) is 9.07. The second-order valence-electron chi connectivity index (χ2n) is 14.1. The average Bonchev–Trinajstić information content (AvgIpc) is 3.32. The minimum atomic E-state index is -0.971. The summed E-state index contributed by atoms with van der Waals surface area (Å²) in [5.74, 6) is -1.74. The summed E-state index contributed by atoms with van der Waals surface area (Å²) < 4.78 is 34.7. The zero-order valence-electron chi connectivity index (χ0n) is 28.0. The first-order valence-corrected chi connectivity index (χ1v) is 17.8. The molecule has 6 heterocycles. The molecular formula is C37H39ClFN5O7. The number of aromatic nitrogens is 2. The van der Waals surface area contributed by atoms with Crippen LogP contribution < -0.4 is 15.0 Å². The van der Waals surface area contributed by atoms with Crippen LogP contribution in [0.2, 0.25) is 5.02 Å². The highest BCUT2D eigenvalue weighted by Gasteiger charge is 2.45. The fourth-order valence-corrected chi connectivity index (χ4v) is 8.93. The largest absolute Gasteiger partial charge is 0.508 e. The number of rotatable bonds is 10. The van der Waals surface area contributed by atoms with Crippen LogP contribution in [-0.4, -0.2) is 100 Å². The van der Waals surface area contributed by atoms with Crippen LogP contribution in [0, 0.1) is 11.7 Å². The number of nitrogens with zero attached hydrogens (tertiary/aromatic N) is 4. The quantitative estimate of drug-likeness (QED) is 0.187. The number of carbonyl (C=O) groups is 2. The number of anilines is 1. The van der Waals surface area contributed by atoms with Crippen LogP contribution in [-0.2, 0) is 19.1 Å². The summed E-state index contributed by atoms with van der Waals surface area (Å²) in [6, 6.07) is 10.7. The lowest BCUT2D eigenvalue weighted by atomic mass is 9.95. The summed E-state index contributed by atoms with van der Waals surface area (Å²) in [6.07, 6.45) is 3.50. The van der Waals surface area contributed by atoms with Gasteiger partial charge in [0.05, 0.1) is 30.9 Å². The smallest absolute Gasteiger partial charge is 0.322 e. The van der Waals surface area contributed by atoms with Gasteiger partial charge in [0, 0.05) is 41.5 Å². The molecule has 1 aromatic heterocycles. The molecule has 4 aromatic rings. The van der Waals surface area contributed by atoms with Crippen molar-refractivity contribution in [3.8, 4) is 22.9 Å². The van der Waals surface area contributed by atoms with E-state index in [2.05, 4.69) is 15.2 Å². The van der Waals surface area contributed by atoms with Gasteiger partial charge in [0.25, 0.3) is 6.47 Å². The third kappa shape index (κ3) is 6.09. The van der Waals surface area contributed by atoms with Crippen molar-refractivity contribution in [3.05, 3.63) is 53.3 Å². The fraction of sp³-hybridized carbons (Fsp3) is 0.459. The molecule has 5 saturated heterocycles. The molecule has 3 N–H and O–H groups in total. The molecule has 5 aliphatic rings. The number of hydrogen-bond donors (Lipinski definition) is 3. The van der Waals surface area contributed by atoms with Crippen molar-refractivity contribution >= 4 is 51.5 Å². The van der Waals surface area contributed by atoms with E-state index in [0.29, 0.717) is 60.2 Å². The Morgan fingerprint density at radius 2 is 1.92 bits per heavy atom. The van der Waals surface area contributed by atoms with E-state index in [9.17, 15) is 19.8 Å². The maximum absolute atomic E-state index is 17.1. The highest BCUT2D eigenvalue weighted by atomic mass is 35.5. The number of aliphatic carboxylic acids is 1. The Balaban J connectivity index is 1.23. The zero-order valence-corrected chi connectivity index (χ0v) is 28.8. The van der Waals surface area contributed by atoms with Gasteiger partial charge in [0.1, 0.15) is 23.1 Å². The van der Waals surface area contributed by atoms with Gasteiger partial charge in [0.15, 0.2) is 12.0 Å². The first kappa shape index (κ1) is 33.8. The number of carboxylic acids is 1. The molecule has 0 saturated carbocycles. The number of aromatic hydroxyl groups is 1. The summed E-state index contributed by atoms with van der Waals surface area (Å²) in [5.41, 5.74) is 0.399. The molecule has 12 nitrogen and oxygen atoms in total. The summed E-state index contributed by atoms with van der Waals surface area (Å²) in [6.45, 7) is 3.97. The van der Waals surface area contributed by atoms with Gasteiger partial charge in [-0.25, -0.2) is 4.39 Å². The fourth-order valence-electron chi connectivity index (χ4n) is 8.63. The second kappa shape index (κ2) is 13.7. The summed E-state index contributed by atoms with van der Waals surface area (Å²) in [5, 5.41) is 25.8. The van der Waals surface area contributed by atoms with E-state index < -0.39 is 30.1 Å². The van der Waals surface area contributed by atoms with Gasteiger partial charge in [0.2, 0.25) is 0 Å². The molecule has 0 spiro atoms. The summed E-state index contributed by atoms with van der Waals surface area (Å²) in [7, 11) is 0. The van der Waals surface area contributed by atoms with Crippen molar-refractivity contribution in [2.24, 2.45) is 5.92 Å². The number of ether oxygens (including phenoxy) is 3. The lowest BCUT2D eigenvalue weighted by Gasteiger charge is -2.42. The topological polar surface area (TPSA) is 147 Å². The van der Waals surface area contributed by atoms with Crippen molar-refractivity contribution in [3.63, 3.8) is 0 Å². The molecule has 51 heavy (non-hydrogen) atoms. The molecule has 7 unspecified atom stereocenters. The van der Waals surface area contributed by atoms with Crippen molar-refractivity contribution in [1.82, 2.24) is 20.2 Å². The Bertz CT molecular complexity index is 1990. The Hall–Kier alpha value is -4.30. The van der Waals surface area contributed by atoms with E-state index in [-0.39, 0.29) is 58.5 Å². The number of phenolic OH excluding ortho intramolecular Hbond substituents is 1. The highest BCUT2D eigenvalue weighted by molar-refractivity contribution is 6.35. The summed E-state index contributed by atoms with van der Waals surface area (Å²) in [4.78, 5) is 37.6. The first-order chi connectivity index (χ1) is 24.7. The number of hydrogen-bond acceptors (Lipinski definition) is 11. The molecular weight excluding hydrogens is 681 g/mol. The van der Waals surface area contributed by atoms with Crippen LogP contribution >= 0.6 is 11.6 Å². The molecule has 5 fully saturated rings. The van der Waals surface area contributed by atoms with Gasteiger partial charge in [-0.2, -0.15) is 9.97 Å². The normalized spacial score (nSPS) is 25.9. The minimum Gasteiger partial charge on any atom is -0.508 e. The third-order valence-corrected chi connectivity index (χ3v) is 11.2. The molecule has 0 aliphatic carbocycles. The number of phenols is 1. The molecule has 14 heteroatoms. The number of nitrogens with one attached hydrogen (secondary N) is 1. The molecule has 5 aliphatic heterocycles. The monoisotopic (exact) mass is 719 g/mol. The summed E-state index contributed by atoms with van der Waals surface area (Å²) >= 11 is 6.92. The maximum atomic E-state index is 17.1. The van der Waals surface area contributed by atoms with Crippen LogP contribution in [0.4, 0.5) is 10.2 Å². The molecule has 0 amide bonds. The van der Waals surface area contributed by atoms with E-state index in [1.807, 2.05) is 36.1 Å². The van der Waals surface area contributed by atoms with Crippen LogP contribution in [0.3, 0.4) is 0 Å². The van der Waals surface area contributed by atoms with Crippen LogP contribution in [0.5, 0.6) is 11.8 Å². The van der Waals surface area contributed by atoms with Gasteiger partial charge < -0.3 is 29.3 Å². The SMILES string of the molecule is CC(COc1nc(N2CC3CCCC2C(C(=O)O)N3)c2cc(Cl)c(-c3cc(O)cc4ccccc34)c(F)c2n1)C(OC=O)N1C2CCC1COC2. The molecule has 3 aromatic carbocycles. The number of benzene rings is 3. The number of halogens is 2. The van der Waals surface area contributed by atoms with Crippen LogP contribution in [0.1, 0.15) is 39.0 Å². The molecule has 7 atom stereocenters. The lowest BCUT2D eigenvalue weighted by Crippen LogP contribution is -2.63. The predicted molar refractivity (Wildman–Crippen MR) is 188 cm³/mol. The van der Waals surface area contributed by atoms with Crippen molar-refractivity contribution in [1.29, 1.82) is 0 Å². The third-order valence-electron chi connectivity index (χ3n) is 10.9. The van der Waals surface area contributed by atoms with Crippen LogP contribution in [0.15, 0.2) is 42.5 Å². The number of piperazine rings is 1. The van der Waals surface area contributed by atoms with Gasteiger partial charge in [-0.1, -0.05) is 42.8 Å². The van der Waals surface area contributed by atoms with E-state index >= 15 is 4.39 Å². The maximum Gasteiger partial charge on any atom is 0.322 e.